The molecule has 1 heteroatoms. The van der Waals surface area contributed by atoms with Crippen LogP contribution in [-0.4, -0.2) is 6.61 Å². The molecule has 0 saturated heterocycles. The Labute approximate surface area is 93.5 Å². The second-order valence-electron chi connectivity index (χ2n) is 3.83. The van der Waals surface area contributed by atoms with E-state index < -0.39 is 0 Å². The third-order valence-electron chi connectivity index (χ3n) is 2.48. The molecule has 1 rings (SSSR count). The molecule has 0 spiro atoms. The van der Waals surface area contributed by atoms with Crippen LogP contribution in [0.1, 0.15) is 51.2 Å². The largest absolute Gasteiger partial charge is 0.374 e. The molecule has 0 fully saturated rings. The van der Waals surface area contributed by atoms with Crippen molar-refractivity contribution in [3.8, 4) is 0 Å². The maximum absolute atomic E-state index is 5.90. The van der Waals surface area contributed by atoms with Crippen molar-refractivity contribution in [2.75, 3.05) is 6.61 Å². The second kappa shape index (κ2) is 7.47. The van der Waals surface area contributed by atoms with Crippen LogP contribution in [0.2, 0.25) is 0 Å². The van der Waals surface area contributed by atoms with Crippen molar-refractivity contribution in [3.05, 3.63) is 35.9 Å². The molecule has 0 N–H and O–H groups in total. The molecule has 15 heavy (non-hydrogen) atoms. The lowest BCUT2D eigenvalue weighted by Crippen LogP contribution is -2.05. The number of hydrogen-bond acceptors (Lipinski definition) is 1. The summed E-state index contributed by atoms with van der Waals surface area (Å²) in [7, 11) is 0. The molecular formula is C14H21O. The molecule has 1 radical (unpaired) electrons. The first-order valence-electron chi connectivity index (χ1n) is 5.96. The monoisotopic (exact) mass is 205 g/mol. The minimum atomic E-state index is 0.274. The van der Waals surface area contributed by atoms with E-state index in [0.29, 0.717) is 0 Å². The van der Waals surface area contributed by atoms with E-state index in [9.17, 15) is 0 Å². The fourth-order valence-electron chi connectivity index (χ4n) is 1.59. The summed E-state index contributed by atoms with van der Waals surface area (Å²) in [5, 5.41) is 0. The maximum atomic E-state index is 5.90. The van der Waals surface area contributed by atoms with Gasteiger partial charge in [0.05, 0.1) is 6.10 Å². The average Bonchev–Trinajstić information content (AvgIpc) is 2.29. The van der Waals surface area contributed by atoms with Crippen LogP contribution >= 0.6 is 0 Å². The lowest BCUT2D eigenvalue weighted by Gasteiger charge is -2.17. The van der Waals surface area contributed by atoms with Gasteiger partial charge < -0.3 is 4.74 Å². The Morgan fingerprint density at radius 2 is 1.93 bits per heavy atom. The van der Waals surface area contributed by atoms with Crippen LogP contribution in [0.25, 0.3) is 0 Å². The number of hydrogen-bond donors (Lipinski definition) is 0. The molecule has 0 aliphatic carbocycles. The summed E-state index contributed by atoms with van der Waals surface area (Å²) in [6.07, 6.45) is 4.89. The van der Waals surface area contributed by atoms with Gasteiger partial charge in [-0.05, 0) is 24.5 Å². The molecule has 0 aromatic heterocycles. The Hall–Kier alpha value is -0.820. The lowest BCUT2D eigenvalue weighted by molar-refractivity contribution is 0.0442. The van der Waals surface area contributed by atoms with Crippen LogP contribution < -0.4 is 0 Å². The molecule has 0 aliphatic rings. The summed E-state index contributed by atoms with van der Waals surface area (Å²) < 4.78 is 5.90. The Balaban J connectivity index is 2.50. The van der Waals surface area contributed by atoms with E-state index in [1.807, 2.05) is 12.1 Å². The van der Waals surface area contributed by atoms with E-state index in [-0.39, 0.29) is 6.10 Å². The van der Waals surface area contributed by atoms with E-state index in [1.165, 1.54) is 12.0 Å². The van der Waals surface area contributed by atoms with Crippen LogP contribution in [0.4, 0.5) is 0 Å². The summed E-state index contributed by atoms with van der Waals surface area (Å²) in [4.78, 5) is 0. The Morgan fingerprint density at radius 1 is 1.20 bits per heavy atom. The second-order valence-corrected chi connectivity index (χ2v) is 3.83. The highest BCUT2D eigenvalue weighted by atomic mass is 16.5. The third kappa shape index (κ3) is 4.48. The molecule has 1 aromatic carbocycles. The van der Waals surface area contributed by atoms with E-state index in [1.54, 1.807) is 0 Å². The van der Waals surface area contributed by atoms with E-state index >= 15 is 0 Å². The fourth-order valence-corrected chi connectivity index (χ4v) is 1.59. The van der Waals surface area contributed by atoms with Gasteiger partial charge >= 0.3 is 0 Å². The summed E-state index contributed by atoms with van der Waals surface area (Å²) in [6, 6.07) is 11.2. The summed E-state index contributed by atoms with van der Waals surface area (Å²) >= 11 is 0. The minimum absolute atomic E-state index is 0.274. The Morgan fingerprint density at radius 3 is 2.53 bits per heavy atom. The van der Waals surface area contributed by atoms with Crippen molar-refractivity contribution >= 4 is 0 Å². The van der Waals surface area contributed by atoms with Crippen molar-refractivity contribution in [2.24, 2.45) is 0 Å². The normalized spacial score (nSPS) is 12.7. The zero-order chi connectivity index (χ0) is 10.9. The molecule has 83 valence electrons. The molecule has 0 saturated carbocycles. The molecule has 0 bridgehead atoms. The lowest BCUT2D eigenvalue weighted by atomic mass is 10.1. The van der Waals surface area contributed by atoms with Gasteiger partial charge in [0.1, 0.15) is 0 Å². The highest BCUT2D eigenvalue weighted by Crippen LogP contribution is 2.22. The van der Waals surface area contributed by atoms with Gasteiger partial charge in [-0.25, -0.2) is 0 Å². The smallest absolute Gasteiger partial charge is 0.0824 e. The van der Waals surface area contributed by atoms with Gasteiger partial charge in [-0.2, -0.15) is 0 Å². The maximum Gasteiger partial charge on any atom is 0.0824 e. The average molecular weight is 205 g/mol. The fraction of sp³-hybridized carbons (Fsp3) is 0.571. The van der Waals surface area contributed by atoms with Crippen molar-refractivity contribution in [3.63, 3.8) is 0 Å². The predicted molar refractivity (Wildman–Crippen MR) is 63.8 cm³/mol. The zero-order valence-corrected chi connectivity index (χ0v) is 9.83. The Bertz CT molecular complexity index is 243. The quantitative estimate of drug-likeness (QED) is 0.608. The molecule has 1 unspecified atom stereocenters. The van der Waals surface area contributed by atoms with E-state index in [2.05, 4.69) is 32.0 Å². The molecule has 0 amide bonds. The first-order chi connectivity index (χ1) is 7.38. The first kappa shape index (κ1) is 12.3. The topological polar surface area (TPSA) is 9.23 Å². The van der Waals surface area contributed by atoms with Crippen molar-refractivity contribution in [2.45, 2.75) is 45.6 Å². The number of rotatable bonds is 7. The van der Waals surface area contributed by atoms with Crippen molar-refractivity contribution in [1.29, 1.82) is 0 Å². The molecular weight excluding hydrogens is 184 g/mol. The number of benzene rings is 1. The number of ether oxygens (including phenoxy) is 1. The minimum Gasteiger partial charge on any atom is -0.374 e. The Kier molecular flexibility index (Phi) is 6.10. The third-order valence-corrected chi connectivity index (χ3v) is 2.48. The van der Waals surface area contributed by atoms with Crippen LogP contribution in [0.3, 0.4) is 0 Å². The molecule has 0 heterocycles. The van der Waals surface area contributed by atoms with Crippen molar-refractivity contribution < 1.29 is 4.74 Å². The molecule has 0 aliphatic heterocycles. The van der Waals surface area contributed by atoms with Gasteiger partial charge in [0.25, 0.3) is 0 Å². The number of unbranched alkanes of at least 4 members (excludes halogenated alkanes) is 1. The van der Waals surface area contributed by atoms with Gasteiger partial charge in [0.2, 0.25) is 0 Å². The van der Waals surface area contributed by atoms with Crippen LogP contribution in [0, 0.1) is 6.07 Å². The highest BCUT2D eigenvalue weighted by Gasteiger charge is 2.09. The molecule has 1 aromatic rings. The molecule has 1 atom stereocenters. The van der Waals surface area contributed by atoms with Gasteiger partial charge in [-0.15, -0.1) is 0 Å². The molecule has 1 nitrogen and oxygen atoms in total. The zero-order valence-electron chi connectivity index (χ0n) is 9.83. The summed E-state index contributed by atoms with van der Waals surface area (Å²) in [5.41, 5.74) is 1.28. The first-order valence-corrected chi connectivity index (χ1v) is 5.96. The van der Waals surface area contributed by atoms with E-state index in [4.69, 9.17) is 4.74 Å². The summed E-state index contributed by atoms with van der Waals surface area (Å²) in [6.45, 7) is 5.26. The van der Waals surface area contributed by atoms with Gasteiger partial charge in [0.15, 0.2) is 0 Å². The standard InChI is InChI=1S/C14H21O/c1-3-5-12-15-14(9-4-2)13-10-7-6-8-11-13/h7-8,10-11,14H,3-5,9,12H2,1-2H3. The predicted octanol–water partition coefficient (Wildman–Crippen LogP) is 4.14. The van der Waals surface area contributed by atoms with Crippen molar-refractivity contribution in [1.82, 2.24) is 0 Å². The van der Waals surface area contributed by atoms with Crippen LogP contribution in [-0.2, 0) is 4.74 Å². The van der Waals surface area contributed by atoms with Gasteiger partial charge in [-0.1, -0.05) is 51.0 Å². The van der Waals surface area contributed by atoms with Crippen LogP contribution in [0.5, 0.6) is 0 Å². The SMILES string of the molecule is CCCCOC(CCC)c1cc[c]cc1. The van der Waals surface area contributed by atoms with E-state index in [0.717, 1.165) is 25.9 Å². The summed E-state index contributed by atoms with van der Waals surface area (Å²) in [5.74, 6) is 0. The highest BCUT2D eigenvalue weighted by molar-refractivity contribution is 5.16. The van der Waals surface area contributed by atoms with Gasteiger partial charge in [-0.3, -0.25) is 0 Å². The van der Waals surface area contributed by atoms with Gasteiger partial charge in [0, 0.05) is 6.61 Å². The van der Waals surface area contributed by atoms with Crippen LogP contribution in [0.15, 0.2) is 24.3 Å².